The van der Waals surface area contributed by atoms with E-state index < -0.39 is 0 Å². The Morgan fingerprint density at radius 1 is 1.13 bits per heavy atom. The maximum Gasteiger partial charge on any atom is 0.149 e. The zero-order valence-corrected chi connectivity index (χ0v) is 17.6. The zero-order valence-electron chi connectivity index (χ0n) is 16.8. The number of H-pyrrole nitrogens is 1. The summed E-state index contributed by atoms with van der Waals surface area (Å²) in [5, 5.41) is 4.10. The molecule has 3 heterocycles. The number of ketones is 1. The van der Waals surface area contributed by atoms with E-state index in [1.807, 2.05) is 43.3 Å². The van der Waals surface area contributed by atoms with Crippen molar-refractivity contribution in [3.8, 4) is 32.5 Å². The van der Waals surface area contributed by atoms with Gasteiger partial charge in [-0.05, 0) is 38.1 Å². The summed E-state index contributed by atoms with van der Waals surface area (Å²) >= 11 is 1.56. The number of benzene rings is 1. The maximum absolute atomic E-state index is 11.5. The molecule has 0 amide bonds. The van der Waals surface area contributed by atoms with Gasteiger partial charge in [-0.1, -0.05) is 18.7 Å². The van der Waals surface area contributed by atoms with E-state index >= 15 is 0 Å². The van der Waals surface area contributed by atoms with Gasteiger partial charge in [-0.25, -0.2) is 9.97 Å². The number of Topliss-reactive ketones (excluding diaryl/α,β-unsaturated/α-hetero) is 1. The molecule has 2 N–H and O–H groups in total. The van der Waals surface area contributed by atoms with E-state index in [-0.39, 0.29) is 5.78 Å². The second kappa shape index (κ2) is 8.42. The van der Waals surface area contributed by atoms with Gasteiger partial charge < -0.3 is 10.3 Å². The van der Waals surface area contributed by atoms with E-state index in [0.29, 0.717) is 6.42 Å². The van der Waals surface area contributed by atoms with Gasteiger partial charge in [0.05, 0.1) is 10.6 Å². The summed E-state index contributed by atoms with van der Waals surface area (Å²) in [6.45, 7) is 7.40. The summed E-state index contributed by atoms with van der Waals surface area (Å²) in [4.78, 5) is 29.3. The van der Waals surface area contributed by atoms with Crippen molar-refractivity contribution in [2.45, 2.75) is 20.3 Å². The first-order valence-electron chi connectivity index (χ1n) is 9.48. The first-order chi connectivity index (χ1) is 14.5. The number of hydrogen-bond acceptors (Lipinski definition) is 6. The maximum atomic E-state index is 11.5. The number of aromatic nitrogens is 4. The lowest BCUT2D eigenvalue weighted by molar-refractivity contribution is -0.116. The van der Waals surface area contributed by atoms with E-state index in [4.69, 9.17) is 4.98 Å². The molecule has 0 spiro atoms. The molecule has 7 heteroatoms. The Kier molecular flexibility index (Phi) is 5.54. The molecule has 4 aromatic rings. The van der Waals surface area contributed by atoms with E-state index in [0.717, 1.165) is 49.6 Å². The molecule has 0 bridgehead atoms. The fourth-order valence-electron chi connectivity index (χ4n) is 3.14. The number of aromatic amines is 1. The lowest BCUT2D eigenvalue weighted by Gasteiger charge is -2.07. The minimum atomic E-state index is 0.0811. The molecule has 0 atom stereocenters. The molecule has 0 aliphatic heterocycles. The molecule has 4 rings (SSSR count). The molecule has 0 aliphatic carbocycles. The fourth-order valence-corrected chi connectivity index (χ4v) is 4.19. The van der Waals surface area contributed by atoms with Crippen LogP contribution in [0.3, 0.4) is 0 Å². The van der Waals surface area contributed by atoms with Crippen LogP contribution >= 0.6 is 11.3 Å². The highest BCUT2D eigenvalue weighted by molar-refractivity contribution is 7.18. The van der Waals surface area contributed by atoms with Gasteiger partial charge in [-0.3, -0.25) is 9.78 Å². The first-order valence-corrected chi connectivity index (χ1v) is 10.3. The average molecular weight is 416 g/mol. The van der Waals surface area contributed by atoms with Gasteiger partial charge in [-0.15, -0.1) is 11.3 Å². The minimum Gasteiger partial charge on any atom is -0.360 e. The molecule has 0 radical (unpaired) electrons. The van der Waals surface area contributed by atoms with Crippen molar-refractivity contribution in [3.63, 3.8) is 0 Å². The number of imidazole rings is 1. The topological polar surface area (TPSA) is 83.6 Å². The van der Waals surface area contributed by atoms with Crippen LogP contribution in [0.2, 0.25) is 0 Å². The Bertz CT molecular complexity index is 1210. The van der Waals surface area contributed by atoms with Gasteiger partial charge in [0.2, 0.25) is 0 Å². The zero-order chi connectivity index (χ0) is 21.1. The summed E-state index contributed by atoms with van der Waals surface area (Å²) in [7, 11) is 0. The van der Waals surface area contributed by atoms with Crippen LogP contribution in [-0.4, -0.2) is 25.7 Å². The summed E-state index contributed by atoms with van der Waals surface area (Å²) in [6, 6.07) is 11.9. The monoisotopic (exact) mass is 415 g/mol. The van der Waals surface area contributed by atoms with E-state index in [1.54, 1.807) is 36.9 Å². The number of carbonyl (C=O) groups is 1. The Morgan fingerprint density at radius 3 is 2.73 bits per heavy atom. The third kappa shape index (κ3) is 4.36. The molecule has 0 aliphatic rings. The highest BCUT2D eigenvalue weighted by Gasteiger charge is 2.18. The standard InChI is InChI=1S/C23H21N5OS/c1-14(2)27-18-6-4-5-16(12-18)20-21(22-25-9-10-26-22)30-23(28-20)17-7-8-24-19(13-17)11-15(3)29/h4-10,12-13,27H,1,11H2,2-3H3,(H,25,26). The Hall–Kier alpha value is -3.58. The Labute approximate surface area is 178 Å². The number of nitrogens with zero attached hydrogens (tertiary/aromatic N) is 3. The summed E-state index contributed by atoms with van der Waals surface area (Å²) in [6.07, 6.45) is 5.56. The normalized spacial score (nSPS) is 10.7. The predicted octanol–water partition coefficient (Wildman–Crippen LogP) is 5.34. The van der Waals surface area contributed by atoms with Crippen LogP contribution in [0.5, 0.6) is 0 Å². The molecule has 3 aromatic heterocycles. The largest absolute Gasteiger partial charge is 0.360 e. The number of pyridine rings is 1. The van der Waals surface area contributed by atoms with Crippen molar-refractivity contribution in [1.29, 1.82) is 0 Å². The minimum absolute atomic E-state index is 0.0811. The lowest BCUT2D eigenvalue weighted by Crippen LogP contribution is -1.98. The molecule has 150 valence electrons. The van der Waals surface area contributed by atoms with Crippen molar-refractivity contribution in [1.82, 2.24) is 19.9 Å². The number of thiazole rings is 1. The number of anilines is 1. The van der Waals surface area contributed by atoms with Crippen molar-refractivity contribution in [3.05, 3.63) is 73.0 Å². The number of nitrogens with one attached hydrogen (secondary N) is 2. The molecule has 30 heavy (non-hydrogen) atoms. The van der Waals surface area contributed by atoms with Crippen LogP contribution in [-0.2, 0) is 11.2 Å². The molecule has 0 saturated carbocycles. The molecule has 1 aromatic carbocycles. The molecule has 6 nitrogen and oxygen atoms in total. The van der Waals surface area contributed by atoms with Crippen molar-refractivity contribution < 1.29 is 4.79 Å². The van der Waals surface area contributed by atoms with Crippen molar-refractivity contribution in [2.24, 2.45) is 0 Å². The lowest BCUT2D eigenvalue weighted by atomic mass is 10.1. The molecule has 0 saturated heterocycles. The highest BCUT2D eigenvalue weighted by atomic mass is 32.1. The van der Waals surface area contributed by atoms with E-state index in [9.17, 15) is 4.79 Å². The molecule has 0 fully saturated rings. The van der Waals surface area contributed by atoms with Crippen LogP contribution in [0.1, 0.15) is 19.5 Å². The SMILES string of the molecule is C=C(C)Nc1cccc(-c2nc(-c3ccnc(CC(C)=O)c3)sc2-c2ncc[nH]2)c1. The molecular formula is C23H21N5OS. The van der Waals surface area contributed by atoms with Gasteiger partial charge in [0.15, 0.2) is 0 Å². The van der Waals surface area contributed by atoms with Crippen molar-refractivity contribution >= 4 is 22.8 Å². The summed E-state index contributed by atoms with van der Waals surface area (Å²) < 4.78 is 0. The average Bonchev–Trinajstić information content (AvgIpc) is 3.37. The molecular weight excluding hydrogens is 394 g/mol. The first kappa shape index (κ1) is 19.7. The van der Waals surface area contributed by atoms with Crippen LogP contribution in [0.25, 0.3) is 32.5 Å². The number of carbonyl (C=O) groups excluding carboxylic acids is 1. The highest BCUT2D eigenvalue weighted by Crippen LogP contribution is 2.39. The quantitative estimate of drug-likeness (QED) is 0.426. The number of hydrogen-bond donors (Lipinski definition) is 2. The van der Waals surface area contributed by atoms with Crippen LogP contribution < -0.4 is 5.32 Å². The van der Waals surface area contributed by atoms with Crippen LogP contribution in [0.4, 0.5) is 5.69 Å². The van der Waals surface area contributed by atoms with Gasteiger partial charge in [0.25, 0.3) is 0 Å². The van der Waals surface area contributed by atoms with Crippen molar-refractivity contribution in [2.75, 3.05) is 5.32 Å². The second-order valence-electron chi connectivity index (χ2n) is 7.04. The van der Waals surface area contributed by atoms with Gasteiger partial charge in [-0.2, -0.15) is 0 Å². The smallest absolute Gasteiger partial charge is 0.149 e. The fraction of sp³-hybridized carbons (Fsp3) is 0.130. The summed E-state index contributed by atoms with van der Waals surface area (Å²) in [5.74, 6) is 0.850. The third-order valence-electron chi connectivity index (χ3n) is 4.33. The number of rotatable bonds is 7. The molecule has 0 unspecified atom stereocenters. The third-order valence-corrected chi connectivity index (χ3v) is 5.44. The van der Waals surface area contributed by atoms with Gasteiger partial charge >= 0.3 is 0 Å². The number of allylic oxidation sites excluding steroid dienone is 1. The summed E-state index contributed by atoms with van der Waals surface area (Å²) in [5.41, 5.74) is 5.32. The predicted molar refractivity (Wildman–Crippen MR) is 121 cm³/mol. The Morgan fingerprint density at radius 2 is 2.00 bits per heavy atom. The Balaban J connectivity index is 1.81. The van der Waals surface area contributed by atoms with Crippen LogP contribution in [0, 0.1) is 0 Å². The van der Waals surface area contributed by atoms with E-state index in [2.05, 4.69) is 26.8 Å². The van der Waals surface area contributed by atoms with Crippen LogP contribution in [0.15, 0.2) is 67.3 Å². The second-order valence-corrected chi connectivity index (χ2v) is 8.03. The van der Waals surface area contributed by atoms with E-state index in [1.165, 1.54) is 0 Å². The van der Waals surface area contributed by atoms with Gasteiger partial charge in [0.1, 0.15) is 16.6 Å². The van der Waals surface area contributed by atoms with Gasteiger partial charge in [0, 0.05) is 53.2 Å².